The second-order valence-electron chi connectivity index (χ2n) is 7.91. The largest absolute Gasteiger partial charge is 0.495 e. The molecular formula is C27H25NO8. The van der Waals surface area contributed by atoms with Gasteiger partial charge in [0, 0.05) is 0 Å². The van der Waals surface area contributed by atoms with Gasteiger partial charge in [-0.05, 0) is 50.2 Å². The van der Waals surface area contributed by atoms with Gasteiger partial charge in [0.25, 0.3) is 5.91 Å². The second kappa shape index (κ2) is 11.7. The maximum atomic E-state index is 13.2. The minimum atomic E-state index is -2.14. The van der Waals surface area contributed by atoms with Crippen molar-refractivity contribution < 1.29 is 38.5 Å². The standard InChI is InChI=1S/C27H25NO8/c1-16-8-12-18(13-9-16)26(32)35-22(24(29)28-20-6-4-5-7-21(20)34-3)23(25(30)31)36-27(33)19-14-10-17(2)11-15-19/h4-15,22-23H,1-3H3,(H,28,29)(H,30,31)/t22-,23-/m1/s1. The molecule has 0 bridgehead atoms. The lowest BCUT2D eigenvalue weighted by Gasteiger charge is -2.24. The summed E-state index contributed by atoms with van der Waals surface area (Å²) in [7, 11) is 1.39. The lowest BCUT2D eigenvalue weighted by atomic mass is 10.1. The number of para-hydroxylation sites is 2. The summed E-state index contributed by atoms with van der Waals surface area (Å²) in [5.74, 6) is -4.37. The number of carboxylic acid groups (broad SMARTS) is 1. The van der Waals surface area contributed by atoms with Crippen LogP contribution in [-0.4, -0.2) is 48.2 Å². The number of esters is 2. The Kier molecular flexibility index (Phi) is 8.40. The molecule has 0 aliphatic carbocycles. The van der Waals surface area contributed by atoms with Crippen LogP contribution in [0, 0.1) is 13.8 Å². The van der Waals surface area contributed by atoms with Crippen LogP contribution in [0.3, 0.4) is 0 Å². The molecule has 0 unspecified atom stereocenters. The summed E-state index contributed by atoms with van der Waals surface area (Å²) >= 11 is 0. The zero-order chi connectivity index (χ0) is 26.2. The first-order valence-electron chi connectivity index (χ1n) is 10.9. The molecule has 186 valence electrons. The van der Waals surface area contributed by atoms with Crippen molar-refractivity contribution >= 4 is 29.5 Å². The van der Waals surface area contributed by atoms with E-state index >= 15 is 0 Å². The molecule has 1 amide bonds. The van der Waals surface area contributed by atoms with E-state index in [9.17, 15) is 24.3 Å². The Morgan fingerprint density at radius 1 is 0.722 bits per heavy atom. The number of anilines is 1. The van der Waals surface area contributed by atoms with E-state index in [-0.39, 0.29) is 22.6 Å². The monoisotopic (exact) mass is 491 g/mol. The molecule has 0 aromatic heterocycles. The highest BCUT2D eigenvalue weighted by atomic mass is 16.6. The number of benzene rings is 3. The molecule has 0 fully saturated rings. The number of nitrogens with one attached hydrogen (secondary N) is 1. The minimum Gasteiger partial charge on any atom is -0.495 e. The molecule has 3 aromatic rings. The van der Waals surface area contributed by atoms with Crippen LogP contribution in [0.4, 0.5) is 5.69 Å². The van der Waals surface area contributed by atoms with Gasteiger partial charge in [0.05, 0.1) is 23.9 Å². The third-order valence-corrected chi connectivity index (χ3v) is 5.18. The fourth-order valence-electron chi connectivity index (χ4n) is 3.19. The summed E-state index contributed by atoms with van der Waals surface area (Å²) in [6.07, 6.45) is -4.15. The number of amides is 1. The quantitative estimate of drug-likeness (QED) is 0.433. The van der Waals surface area contributed by atoms with E-state index < -0.39 is 36.0 Å². The summed E-state index contributed by atoms with van der Waals surface area (Å²) in [6, 6.07) is 18.9. The molecular weight excluding hydrogens is 466 g/mol. The Morgan fingerprint density at radius 2 is 1.19 bits per heavy atom. The normalized spacial score (nSPS) is 12.1. The Labute approximate surface area is 207 Å². The van der Waals surface area contributed by atoms with Gasteiger partial charge in [-0.25, -0.2) is 14.4 Å². The molecule has 9 heteroatoms. The summed E-state index contributed by atoms with van der Waals surface area (Å²) in [4.78, 5) is 50.8. The lowest BCUT2D eigenvalue weighted by Crippen LogP contribution is -2.48. The van der Waals surface area contributed by atoms with Gasteiger partial charge in [0.15, 0.2) is 0 Å². The van der Waals surface area contributed by atoms with E-state index in [4.69, 9.17) is 14.2 Å². The zero-order valence-corrected chi connectivity index (χ0v) is 19.9. The fraction of sp³-hybridized carbons (Fsp3) is 0.185. The van der Waals surface area contributed by atoms with Gasteiger partial charge in [0.1, 0.15) is 5.75 Å². The molecule has 0 aliphatic heterocycles. The number of hydrogen-bond acceptors (Lipinski definition) is 7. The zero-order valence-electron chi connectivity index (χ0n) is 19.9. The molecule has 0 heterocycles. The summed E-state index contributed by atoms with van der Waals surface area (Å²) in [5, 5.41) is 12.3. The number of carbonyl (C=O) groups excluding carboxylic acids is 3. The van der Waals surface area contributed by atoms with Crippen molar-refractivity contribution in [1.29, 1.82) is 0 Å². The van der Waals surface area contributed by atoms with E-state index in [0.29, 0.717) is 0 Å². The van der Waals surface area contributed by atoms with E-state index in [1.54, 1.807) is 42.5 Å². The highest BCUT2D eigenvalue weighted by molar-refractivity contribution is 6.02. The number of carboxylic acids is 1. The van der Waals surface area contributed by atoms with Gasteiger partial charge in [-0.15, -0.1) is 0 Å². The van der Waals surface area contributed by atoms with Gasteiger partial charge >= 0.3 is 17.9 Å². The van der Waals surface area contributed by atoms with Crippen molar-refractivity contribution in [2.45, 2.75) is 26.1 Å². The highest BCUT2D eigenvalue weighted by Crippen LogP contribution is 2.24. The van der Waals surface area contributed by atoms with E-state index in [1.807, 2.05) is 13.8 Å². The molecule has 0 saturated heterocycles. The Morgan fingerprint density at radius 3 is 1.67 bits per heavy atom. The Balaban J connectivity index is 1.93. The van der Waals surface area contributed by atoms with Gasteiger partial charge < -0.3 is 24.6 Å². The number of aliphatic carboxylic acids is 1. The van der Waals surface area contributed by atoms with Crippen LogP contribution in [0.2, 0.25) is 0 Å². The van der Waals surface area contributed by atoms with E-state index in [0.717, 1.165) is 11.1 Å². The van der Waals surface area contributed by atoms with Crippen molar-refractivity contribution in [2.75, 3.05) is 12.4 Å². The molecule has 2 atom stereocenters. The number of rotatable bonds is 9. The smallest absolute Gasteiger partial charge is 0.349 e. The van der Waals surface area contributed by atoms with Crippen LogP contribution in [0.1, 0.15) is 31.8 Å². The van der Waals surface area contributed by atoms with Crippen molar-refractivity contribution in [2.24, 2.45) is 0 Å². The third kappa shape index (κ3) is 6.47. The van der Waals surface area contributed by atoms with E-state index in [1.165, 1.54) is 37.4 Å². The van der Waals surface area contributed by atoms with Crippen LogP contribution in [0.15, 0.2) is 72.8 Å². The summed E-state index contributed by atoms with van der Waals surface area (Å²) in [5.41, 5.74) is 2.12. The predicted octanol–water partition coefficient (Wildman–Crippen LogP) is 3.79. The van der Waals surface area contributed by atoms with Crippen LogP contribution in [0.5, 0.6) is 5.75 Å². The van der Waals surface area contributed by atoms with Gasteiger partial charge in [-0.2, -0.15) is 0 Å². The lowest BCUT2D eigenvalue weighted by molar-refractivity contribution is -0.157. The van der Waals surface area contributed by atoms with Gasteiger partial charge in [-0.1, -0.05) is 47.5 Å². The average Bonchev–Trinajstić information content (AvgIpc) is 2.86. The van der Waals surface area contributed by atoms with Crippen LogP contribution < -0.4 is 10.1 Å². The first-order valence-corrected chi connectivity index (χ1v) is 10.9. The molecule has 3 rings (SSSR count). The summed E-state index contributed by atoms with van der Waals surface area (Å²) < 4.78 is 15.7. The molecule has 0 aliphatic rings. The molecule has 3 aromatic carbocycles. The average molecular weight is 491 g/mol. The molecule has 9 nitrogen and oxygen atoms in total. The van der Waals surface area contributed by atoms with Crippen molar-refractivity contribution in [3.8, 4) is 5.75 Å². The Hall–Kier alpha value is -4.66. The van der Waals surface area contributed by atoms with Crippen LogP contribution in [-0.2, 0) is 19.1 Å². The molecule has 0 spiro atoms. The molecule has 0 radical (unpaired) electrons. The van der Waals surface area contributed by atoms with Gasteiger partial charge in [0.2, 0.25) is 12.2 Å². The second-order valence-corrected chi connectivity index (χ2v) is 7.91. The minimum absolute atomic E-state index is 0.0700. The number of aryl methyl sites for hydroxylation is 2. The first kappa shape index (κ1) is 26.0. The summed E-state index contributed by atoms with van der Waals surface area (Å²) in [6.45, 7) is 3.64. The SMILES string of the molecule is COc1ccccc1NC(=O)[C@H](OC(=O)c1ccc(C)cc1)[C@@H](OC(=O)c1ccc(C)cc1)C(=O)O. The number of hydrogen-bond donors (Lipinski definition) is 2. The van der Waals surface area contributed by atoms with Crippen molar-refractivity contribution in [3.05, 3.63) is 95.1 Å². The van der Waals surface area contributed by atoms with Crippen molar-refractivity contribution in [3.63, 3.8) is 0 Å². The van der Waals surface area contributed by atoms with Crippen molar-refractivity contribution in [1.82, 2.24) is 0 Å². The Bertz CT molecular complexity index is 1250. The van der Waals surface area contributed by atoms with Crippen LogP contribution in [0.25, 0.3) is 0 Å². The fourth-order valence-corrected chi connectivity index (χ4v) is 3.19. The third-order valence-electron chi connectivity index (χ3n) is 5.18. The predicted molar refractivity (Wildman–Crippen MR) is 130 cm³/mol. The number of ether oxygens (including phenoxy) is 3. The molecule has 0 saturated carbocycles. The first-order chi connectivity index (χ1) is 17.2. The maximum Gasteiger partial charge on any atom is 0.349 e. The number of carbonyl (C=O) groups is 4. The van der Waals surface area contributed by atoms with Crippen LogP contribution >= 0.6 is 0 Å². The topological polar surface area (TPSA) is 128 Å². The van der Waals surface area contributed by atoms with E-state index in [2.05, 4.69) is 5.32 Å². The highest BCUT2D eigenvalue weighted by Gasteiger charge is 2.41. The molecule has 2 N–H and O–H groups in total. The molecule has 36 heavy (non-hydrogen) atoms. The number of methoxy groups -OCH3 is 1. The van der Waals surface area contributed by atoms with Gasteiger partial charge in [-0.3, -0.25) is 4.79 Å². The maximum absolute atomic E-state index is 13.2.